The second-order valence-corrected chi connectivity index (χ2v) is 7.55. The molecule has 1 N–H and O–H groups in total. The fourth-order valence-corrected chi connectivity index (χ4v) is 3.91. The fourth-order valence-electron chi connectivity index (χ4n) is 3.91. The van der Waals surface area contributed by atoms with E-state index in [0.29, 0.717) is 24.4 Å². The zero-order valence-corrected chi connectivity index (χ0v) is 14.8. The summed E-state index contributed by atoms with van der Waals surface area (Å²) in [5, 5.41) is 13.9. The Morgan fingerprint density at radius 2 is 1.88 bits per heavy atom. The Bertz CT molecular complexity index is 826. The van der Waals surface area contributed by atoms with E-state index in [1.807, 2.05) is 41.9 Å². The van der Waals surface area contributed by atoms with Crippen molar-refractivity contribution >= 4 is 11.9 Å². The number of hydrogen-bond donors (Lipinski definition) is 1. The molecule has 1 aromatic carbocycles. The number of carboxylic acids is 1. The van der Waals surface area contributed by atoms with Gasteiger partial charge in [-0.05, 0) is 37.3 Å². The number of benzene rings is 1. The van der Waals surface area contributed by atoms with Gasteiger partial charge in [-0.3, -0.25) is 9.59 Å². The van der Waals surface area contributed by atoms with Gasteiger partial charge in [-0.15, -0.1) is 0 Å². The SMILES string of the molecule is CC1CC(C(=O)O)CN(C(=O)c2cnn(-c3ccccc3)c2C2CC2)C1. The van der Waals surface area contributed by atoms with E-state index < -0.39 is 11.9 Å². The van der Waals surface area contributed by atoms with E-state index >= 15 is 0 Å². The molecule has 6 heteroatoms. The summed E-state index contributed by atoms with van der Waals surface area (Å²) in [6.07, 6.45) is 4.40. The number of hydrogen-bond acceptors (Lipinski definition) is 3. The van der Waals surface area contributed by atoms with Gasteiger partial charge in [-0.1, -0.05) is 25.1 Å². The molecule has 1 aliphatic heterocycles. The average Bonchev–Trinajstić information content (AvgIpc) is 3.39. The number of aliphatic carboxylic acids is 1. The first kappa shape index (κ1) is 16.8. The van der Waals surface area contributed by atoms with Crippen molar-refractivity contribution in [3.8, 4) is 5.69 Å². The third-order valence-electron chi connectivity index (χ3n) is 5.30. The first-order valence-corrected chi connectivity index (χ1v) is 9.20. The van der Waals surface area contributed by atoms with Crippen LogP contribution in [0.15, 0.2) is 36.5 Å². The predicted molar refractivity (Wildman–Crippen MR) is 96.3 cm³/mol. The molecule has 4 rings (SSSR count). The van der Waals surface area contributed by atoms with E-state index in [4.69, 9.17) is 0 Å². The van der Waals surface area contributed by atoms with Crippen LogP contribution in [0.4, 0.5) is 0 Å². The molecule has 26 heavy (non-hydrogen) atoms. The maximum absolute atomic E-state index is 13.2. The lowest BCUT2D eigenvalue weighted by molar-refractivity contribution is -0.143. The average molecular weight is 353 g/mol. The zero-order chi connectivity index (χ0) is 18.3. The van der Waals surface area contributed by atoms with Gasteiger partial charge in [-0.25, -0.2) is 4.68 Å². The van der Waals surface area contributed by atoms with Crippen molar-refractivity contribution in [1.29, 1.82) is 0 Å². The molecule has 1 aliphatic carbocycles. The summed E-state index contributed by atoms with van der Waals surface area (Å²) >= 11 is 0. The van der Waals surface area contributed by atoms with Crippen molar-refractivity contribution in [3.05, 3.63) is 47.8 Å². The van der Waals surface area contributed by atoms with Crippen LogP contribution >= 0.6 is 0 Å². The Hall–Kier alpha value is -2.63. The Labute approximate surface area is 152 Å². The van der Waals surface area contributed by atoms with Crippen molar-refractivity contribution in [1.82, 2.24) is 14.7 Å². The number of aromatic nitrogens is 2. The van der Waals surface area contributed by atoms with Gasteiger partial charge in [0, 0.05) is 19.0 Å². The van der Waals surface area contributed by atoms with Gasteiger partial charge in [0.2, 0.25) is 0 Å². The molecule has 1 saturated carbocycles. The van der Waals surface area contributed by atoms with Crippen molar-refractivity contribution in [2.75, 3.05) is 13.1 Å². The number of carbonyl (C=O) groups excluding carboxylic acids is 1. The van der Waals surface area contributed by atoms with Gasteiger partial charge in [0.25, 0.3) is 5.91 Å². The molecule has 2 aliphatic rings. The van der Waals surface area contributed by atoms with Crippen LogP contribution in [-0.4, -0.2) is 44.8 Å². The molecule has 2 unspecified atom stereocenters. The quantitative estimate of drug-likeness (QED) is 0.917. The van der Waals surface area contributed by atoms with Gasteiger partial charge in [-0.2, -0.15) is 5.10 Å². The van der Waals surface area contributed by atoms with Crippen LogP contribution in [0.1, 0.15) is 48.2 Å². The topological polar surface area (TPSA) is 75.4 Å². The number of carbonyl (C=O) groups is 2. The Kier molecular flexibility index (Phi) is 4.26. The monoisotopic (exact) mass is 353 g/mol. The van der Waals surface area contributed by atoms with E-state index in [9.17, 15) is 14.7 Å². The molecule has 0 radical (unpaired) electrons. The van der Waals surface area contributed by atoms with Crippen molar-refractivity contribution < 1.29 is 14.7 Å². The molecule has 1 amide bonds. The minimum absolute atomic E-state index is 0.0909. The molecular formula is C20H23N3O3. The summed E-state index contributed by atoms with van der Waals surface area (Å²) in [5.41, 5.74) is 2.53. The van der Waals surface area contributed by atoms with E-state index in [0.717, 1.165) is 24.2 Å². The normalized spacial score (nSPS) is 23.0. The smallest absolute Gasteiger partial charge is 0.308 e. The maximum atomic E-state index is 13.2. The molecule has 0 spiro atoms. The fraction of sp³-hybridized carbons (Fsp3) is 0.450. The highest BCUT2D eigenvalue weighted by Crippen LogP contribution is 2.43. The highest BCUT2D eigenvalue weighted by molar-refractivity contribution is 5.96. The first-order valence-electron chi connectivity index (χ1n) is 9.20. The number of likely N-dealkylation sites (tertiary alicyclic amines) is 1. The highest BCUT2D eigenvalue weighted by atomic mass is 16.4. The summed E-state index contributed by atoms with van der Waals surface area (Å²) in [4.78, 5) is 26.3. The molecule has 136 valence electrons. The predicted octanol–water partition coefficient (Wildman–Crippen LogP) is 2.93. The first-order chi connectivity index (χ1) is 12.5. The number of rotatable bonds is 4. The van der Waals surface area contributed by atoms with Crippen LogP contribution < -0.4 is 0 Å². The van der Waals surface area contributed by atoms with E-state index in [1.165, 1.54) is 0 Å². The summed E-state index contributed by atoms with van der Waals surface area (Å²) in [6, 6.07) is 9.84. The summed E-state index contributed by atoms with van der Waals surface area (Å²) < 4.78 is 1.87. The minimum Gasteiger partial charge on any atom is -0.481 e. The lowest BCUT2D eigenvalue weighted by atomic mass is 9.90. The van der Waals surface area contributed by atoms with Crippen LogP contribution in [0.25, 0.3) is 5.69 Å². The third kappa shape index (κ3) is 3.11. The van der Waals surface area contributed by atoms with Gasteiger partial charge in [0.05, 0.1) is 29.1 Å². The molecule has 6 nitrogen and oxygen atoms in total. The van der Waals surface area contributed by atoms with Crippen LogP contribution in [0, 0.1) is 11.8 Å². The minimum atomic E-state index is -0.822. The summed E-state index contributed by atoms with van der Waals surface area (Å²) in [5.74, 6) is -0.864. The molecule has 2 heterocycles. The number of amides is 1. The second-order valence-electron chi connectivity index (χ2n) is 7.55. The highest BCUT2D eigenvalue weighted by Gasteiger charge is 2.37. The molecule has 0 bridgehead atoms. The summed E-state index contributed by atoms with van der Waals surface area (Å²) in [7, 11) is 0. The van der Waals surface area contributed by atoms with Crippen LogP contribution in [0.2, 0.25) is 0 Å². The molecular weight excluding hydrogens is 330 g/mol. The van der Waals surface area contributed by atoms with Crippen LogP contribution in [-0.2, 0) is 4.79 Å². The Morgan fingerprint density at radius 3 is 2.54 bits per heavy atom. The Morgan fingerprint density at radius 1 is 1.15 bits per heavy atom. The third-order valence-corrected chi connectivity index (χ3v) is 5.30. The largest absolute Gasteiger partial charge is 0.481 e. The van der Waals surface area contributed by atoms with Crippen LogP contribution in [0.3, 0.4) is 0 Å². The molecule has 2 fully saturated rings. The lowest BCUT2D eigenvalue weighted by Crippen LogP contribution is -2.45. The second kappa shape index (κ2) is 6.59. The van der Waals surface area contributed by atoms with Crippen LogP contribution in [0.5, 0.6) is 0 Å². The van der Waals surface area contributed by atoms with Gasteiger partial charge >= 0.3 is 5.97 Å². The van der Waals surface area contributed by atoms with E-state index in [1.54, 1.807) is 11.1 Å². The van der Waals surface area contributed by atoms with Gasteiger partial charge < -0.3 is 10.0 Å². The zero-order valence-electron chi connectivity index (χ0n) is 14.8. The maximum Gasteiger partial charge on any atom is 0.308 e. The van der Waals surface area contributed by atoms with E-state index in [-0.39, 0.29) is 18.4 Å². The Balaban J connectivity index is 1.66. The number of piperidine rings is 1. The van der Waals surface area contributed by atoms with Crippen molar-refractivity contribution in [2.45, 2.75) is 32.1 Å². The van der Waals surface area contributed by atoms with E-state index in [2.05, 4.69) is 5.10 Å². The van der Waals surface area contributed by atoms with Gasteiger partial charge in [0.15, 0.2) is 0 Å². The summed E-state index contributed by atoms with van der Waals surface area (Å²) in [6.45, 7) is 2.88. The molecule has 1 aromatic heterocycles. The molecule has 2 atom stereocenters. The number of carboxylic acid groups (broad SMARTS) is 1. The number of nitrogens with zero attached hydrogens (tertiary/aromatic N) is 3. The molecule has 1 saturated heterocycles. The standard InChI is InChI=1S/C20H23N3O3/c1-13-9-15(20(25)26)12-22(11-13)19(24)17-10-21-23(18(17)14-7-8-14)16-5-3-2-4-6-16/h2-6,10,13-15H,7-9,11-12H2,1H3,(H,25,26). The van der Waals surface area contributed by atoms with Crippen molar-refractivity contribution in [2.24, 2.45) is 11.8 Å². The van der Waals surface area contributed by atoms with Crippen molar-refractivity contribution in [3.63, 3.8) is 0 Å². The number of para-hydroxylation sites is 1. The van der Waals surface area contributed by atoms with Gasteiger partial charge in [0.1, 0.15) is 0 Å². The lowest BCUT2D eigenvalue weighted by Gasteiger charge is -2.34. The molecule has 2 aromatic rings.